The molecule has 1 aliphatic heterocycles. The first-order valence-electron chi connectivity index (χ1n) is 9.73. The Morgan fingerprint density at radius 2 is 1.43 bits per heavy atom. The second-order valence-corrected chi connectivity index (χ2v) is 7.43. The van der Waals surface area contributed by atoms with Gasteiger partial charge < -0.3 is 14.5 Å². The quantitative estimate of drug-likeness (QED) is 0.701. The number of nitrogens with two attached hydrogens (primary N) is 1. The van der Waals surface area contributed by atoms with Crippen LogP contribution in [0, 0.1) is 20.8 Å². The summed E-state index contributed by atoms with van der Waals surface area (Å²) in [5, 5.41) is 0. The van der Waals surface area contributed by atoms with Gasteiger partial charge >= 0.3 is 0 Å². The highest BCUT2D eigenvalue weighted by Crippen LogP contribution is 2.37. The van der Waals surface area contributed by atoms with E-state index < -0.39 is 0 Å². The summed E-state index contributed by atoms with van der Waals surface area (Å²) >= 11 is 0. The smallest absolute Gasteiger partial charge is 0.155 e. The van der Waals surface area contributed by atoms with Gasteiger partial charge in [-0.05, 0) is 56.2 Å². The highest BCUT2D eigenvalue weighted by atomic mass is 16.5. The summed E-state index contributed by atoms with van der Waals surface area (Å²) < 4.78 is 6.16. The zero-order chi connectivity index (χ0) is 19.7. The van der Waals surface area contributed by atoms with Crippen LogP contribution in [0.1, 0.15) is 16.7 Å². The van der Waals surface area contributed by atoms with Crippen LogP contribution in [0.2, 0.25) is 0 Å². The Morgan fingerprint density at radius 3 is 2.14 bits per heavy atom. The number of hydrogen-bond donors (Lipinski definition) is 1. The molecule has 1 unspecified atom stereocenters. The minimum atomic E-state index is -0.236. The van der Waals surface area contributed by atoms with Gasteiger partial charge in [-0.25, -0.2) is 0 Å². The van der Waals surface area contributed by atoms with Crippen LogP contribution in [0.3, 0.4) is 0 Å². The highest BCUT2D eigenvalue weighted by Gasteiger charge is 2.32. The predicted molar refractivity (Wildman–Crippen MR) is 116 cm³/mol. The second kappa shape index (κ2) is 7.56. The lowest BCUT2D eigenvalue weighted by molar-refractivity contribution is 0.480. The van der Waals surface area contributed by atoms with E-state index in [1.54, 1.807) is 0 Å². The Kier molecular flexibility index (Phi) is 4.97. The number of rotatable bonds is 4. The molecule has 1 fully saturated rings. The van der Waals surface area contributed by atoms with Gasteiger partial charge in [0.25, 0.3) is 0 Å². The average molecular weight is 374 g/mol. The highest BCUT2D eigenvalue weighted by molar-refractivity contribution is 5.67. The Hall–Kier alpha value is -2.98. The molecule has 144 valence electrons. The van der Waals surface area contributed by atoms with Crippen LogP contribution in [0.5, 0.6) is 11.5 Å². The van der Waals surface area contributed by atoms with Gasteiger partial charge in [-0.3, -0.25) is 5.73 Å². The molecule has 28 heavy (non-hydrogen) atoms. The molecule has 1 atom stereocenters. The van der Waals surface area contributed by atoms with E-state index in [1.165, 1.54) is 22.4 Å². The molecule has 2 N–H and O–H groups in total. The van der Waals surface area contributed by atoms with Crippen LogP contribution < -0.4 is 20.3 Å². The van der Waals surface area contributed by atoms with Crippen LogP contribution in [0.15, 0.2) is 66.7 Å². The summed E-state index contributed by atoms with van der Waals surface area (Å²) in [6, 6.07) is 22.4. The van der Waals surface area contributed by atoms with Crippen molar-refractivity contribution in [2.75, 3.05) is 22.9 Å². The molecule has 3 aromatic carbocycles. The lowest BCUT2D eigenvalue weighted by Crippen LogP contribution is -2.47. The Bertz CT molecular complexity index is 948. The summed E-state index contributed by atoms with van der Waals surface area (Å²) in [6.07, 6.45) is -0.236. The fourth-order valence-electron chi connectivity index (χ4n) is 4.18. The molecule has 0 aromatic heterocycles. The van der Waals surface area contributed by atoms with Crippen LogP contribution in [-0.2, 0) is 0 Å². The third kappa shape index (κ3) is 3.43. The topological polar surface area (TPSA) is 41.7 Å². The summed E-state index contributed by atoms with van der Waals surface area (Å²) in [6.45, 7) is 8.19. The summed E-state index contributed by atoms with van der Waals surface area (Å²) in [4.78, 5) is 4.51. The second-order valence-electron chi connectivity index (χ2n) is 7.43. The molecule has 4 heteroatoms. The molecule has 4 rings (SSSR count). The molecule has 1 aliphatic rings. The number of hydrogen-bond acceptors (Lipinski definition) is 4. The maximum Gasteiger partial charge on any atom is 0.155 e. The van der Waals surface area contributed by atoms with Crippen molar-refractivity contribution in [1.29, 1.82) is 0 Å². The van der Waals surface area contributed by atoms with Gasteiger partial charge in [0.1, 0.15) is 5.75 Å². The van der Waals surface area contributed by atoms with Crippen molar-refractivity contribution in [2.45, 2.75) is 27.1 Å². The number of nitrogens with zero attached hydrogens (tertiary/aromatic N) is 2. The van der Waals surface area contributed by atoms with Crippen molar-refractivity contribution in [3.05, 3.63) is 83.4 Å². The number of aryl methyl sites for hydroxylation is 3. The number of ether oxygens (including phenoxy) is 1. The maximum atomic E-state index is 6.72. The van der Waals surface area contributed by atoms with Gasteiger partial charge in [0.15, 0.2) is 12.0 Å². The largest absolute Gasteiger partial charge is 0.455 e. The molecule has 1 saturated heterocycles. The van der Waals surface area contributed by atoms with Gasteiger partial charge in [0, 0.05) is 18.8 Å². The van der Waals surface area contributed by atoms with E-state index in [0.717, 1.165) is 30.3 Å². The minimum Gasteiger partial charge on any atom is -0.455 e. The monoisotopic (exact) mass is 373 g/mol. The normalized spacial score (nSPS) is 16.5. The standard InChI is InChI=1S/C24H27N3O/c1-17-15-18(2)23(19(3)16-17)27-14-13-26(24(27)25)21-11-7-8-12-22(21)28-20-9-5-4-6-10-20/h4-12,15-16,24H,13-14,25H2,1-3H3. The van der Waals surface area contributed by atoms with E-state index in [4.69, 9.17) is 10.5 Å². The van der Waals surface area contributed by atoms with Gasteiger partial charge in [-0.1, -0.05) is 48.0 Å². The number of anilines is 2. The molecule has 0 amide bonds. The molecular formula is C24H27N3O. The maximum absolute atomic E-state index is 6.72. The Balaban J connectivity index is 1.64. The van der Waals surface area contributed by atoms with E-state index in [9.17, 15) is 0 Å². The zero-order valence-electron chi connectivity index (χ0n) is 16.7. The molecule has 4 nitrogen and oxygen atoms in total. The minimum absolute atomic E-state index is 0.236. The van der Waals surface area contributed by atoms with Crippen molar-refractivity contribution >= 4 is 11.4 Å². The molecule has 1 heterocycles. The van der Waals surface area contributed by atoms with Gasteiger partial charge in [-0.15, -0.1) is 0 Å². The molecule has 0 spiro atoms. The molecular weight excluding hydrogens is 346 g/mol. The van der Waals surface area contributed by atoms with Gasteiger partial charge in [0.05, 0.1) is 5.69 Å². The molecule has 0 saturated carbocycles. The fourth-order valence-corrected chi connectivity index (χ4v) is 4.18. The SMILES string of the molecule is Cc1cc(C)c(N2CCN(c3ccccc3Oc3ccccc3)C2N)c(C)c1. The summed E-state index contributed by atoms with van der Waals surface area (Å²) in [5.41, 5.74) is 12.8. The number of benzene rings is 3. The van der Waals surface area contributed by atoms with E-state index in [-0.39, 0.29) is 6.29 Å². The summed E-state index contributed by atoms with van der Waals surface area (Å²) in [5.74, 6) is 1.65. The molecule has 0 aliphatic carbocycles. The van der Waals surface area contributed by atoms with Crippen LogP contribution in [-0.4, -0.2) is 19.4 Å². The van der Waals surface area contributed by atoms with Crippen molar-refractivity contribution < 1.29 is 4.74 Å². The van der Waals surface area contributed by atoms with E-state index >= 15 is 0 Å². The lowest BCUT2D eigenvalue weighted by atomic mass is 10.0. The van der Waals surface area contributed by atoms with Crippen molar-refractivity contribution in [2.24, 2.45) is 5.73 Å². The van der Waals surface area contributed by atoms with Crippen LogP contribution in [0.4, 0.5) is 11.4 Å². The van der Waals surface area contributed by atoms with Crippen molar-refractivity contribution in [1.82, 2.24) is 0 Å². The first-order chi connectivity index (χ1) is 13.5. The zero-order valence-corrected chi connectivity index (χ0v) is 16.7. The van der Waals surface area contributed by atoms with Crippen LogP contribution in [0.25, 0.3) is 0 Å². The fraction of sp³-hybridized carbons (Fsp3) is 0.250. The van der Waals surface area contributed by atoms with Crippen LogP contribution >= 0.6 is 0 Å². The predicted octanol–water partition coefficient (Wildman–Crippen LogP) is 4.97. The van der Waals surface area contributed by atoms with Gasteiger partial charge in [0.2, 0.25) is 0 Å². The average Bonchev–Trinajstić information content (AvgIpc) is 3.03. The lowest BCUT2D eigenvalue weighted by Gasteiger charge is -2.32. The Morgan fingerprint density at radius 1 is 0.821 bits per heavy atom. The Labute approximate surface area is 167 Å². The third-order valence-corrected chi connectivity index (χ3v) is 5.29. The van der Waals surface area contributed by atoms with E-state index in [1.807, 2.05) is 48.5 Å². The first kappa shape index (κ1) is 18.4. The molecule has 0 bridgehead atoms. The van der Waals surface area contributed by atoms with Gasteiger partial charge in [-0.2, -0.15) is 0 Å². The van der Waals surface area contributed by atoms with E-state index in [0.29, 0.717) is 0 Å². The van der Waals surface area contributed by atoms with Crippen molar-refractivity contribution in [3.63, 3.8) is 0 Å². The van der Waals surface area contributed by atoms with Crippen molar-refractivity contribution in [3.8, 4) is 11.5 Å². The third-order valence-electron chi connectivity index (χ3n) is 5.29. The van der Waals surface area contributed by atoms with E-state index in [2.05, 4.69) is 48.8 Å². The number of para-hydroxylation sites is 3. The summed E-state index contributed by atoms with van der Waals surface area (Å²) in [7, 11) is 0. The molecule has 3 aromatic rings. The first-order valence-corrected chi connectivity index (χ1v) is 9.73. The molecule has 0 radical (unpaired) electrons.